The number of aliphatic hydroxyl groups excluding tert-OH is 1. The number of hydrogen-bond donors (Lipinski definition) is 3. The van der Waals surface area contributed by atoms with E-state index in [-0.39, 0.29) is 25.4 Å². The van der Waals surface area contributed by atoms with Crippen molar-refractivity contribution in [1.82, 2.24) is 5.32 Å². The fraction of sp³-hybridized carbons (Fsp3) is 0.467. The third-order valence-electron chi connectivity index (χ3n) is 3.28. The molecule has 0 aliphatic rings. The van der Waals surface area contributed by atoms with Crippen LogP contribution in [0.2, 0.25) is 0 Å². The van der Waals surface area contributed by atoms with Crippen LogP contribution in [0.4, 0.5) is 0 Å². The first-order chi connectivity index (χ1) is 9.90. The van der Waals surface area contributed by atoms with Crippen LogP contribution in [-0.2, 0) is 4.79 Å². The standard InChI is InChI=1S/C15H21NO5/c1-9-6-11(13(21-3)7-10(9)2)15(20)12(8-14(18)19)16-4-5-17/h6-7,12,16-17H,4-5,8H2,1-3H3,(H,18,19). The maximum atomic E-state index is 12.5. The van der Waals surface area contributed by atoms with Crippen molar-refractivity contribution >= 4 is 11.8 Å². The Labute approximate surface area is 123 Å². The van der Waals surface area contributed by atoms with Crippen molar-refractivity contribution in [2.45, 2.75) is 26.3 Å². The van der Waals surface area contributed by atoms with Crippen molar-refractivity contribution in [1.29, 1.82) is 0 Å². The number of carbonyl (C=O) groups is 2. The number of carbonyl (C=O) groups excluding carboxylic acids is 1. The van der Waals surface area contributed by atoms with Crippen molar-refractivity contribution in [3.8, 4) is 5.75 Å². The van der Waals surface area contributed by atoms with Crippen LogP contribution in [0.15, 0.2) is 12.1 Å². The number of carboxylic acids is 1. The molecule has 0 saturated heterocycles. The summed E-state index contributed by atoms with van der Waals surface area (Å²) in [6, 6.07) is 2.56. The van der Waals surface area contributed by atoms with Crippen molar-refractivity contribution < 1.29 is 24.5 Å². The van der Waals surface area contributed by atoms with E-state index in [0.717, 1.165) is 11.1 Å². The first-order valence-corrected chi connectivity index (χ1v) is 6.66. The van der Waals surface area contributed by atoms with E-state index in [9.17, 15) is 9.59 Å². The largest absolute Gasteiger partial charge is 0.496 e. The number of benzene rings is 1. The zero-order valence-electron chi connectivity index (χ0n) is 12.5. The summed E-state index contributed by atoms with van der Waals surface area (Å²) < 4.78 is 5.22. The zero-order chi connectivity index (χ0) is 16.0. The number of carboxylic acid groups (broad SMARTS) is 1. The van der Waals surface area contributed by atoms with Gasteiger partial charge >= 0.3 is 5.97 Å². The van der Waals surface area contributed by atoms with Gasteiger partial charge in [0.05, 0.1) is 31.7 Å². The summed E-state index contributed by atoms with van der Waals surface area (Å²) in [5, 5.41) is 20.5. The normalized spacial score (nSPS) is 12.0. The smallest absolute Gasteiger partial charge is 0.305 e. The van der Waals surface area contributed by atoms with Crippen LogP contribution >= 0.6 is 0 Å². The molecule has 0 aliphatic heterocycles. The van der Waals surface area contributed by atoms with Gasteiger partial charge in [0.25, 0.3) is 0 Å². The third-order valence-corrected chi connectivity index (χ3v) is 3.28. The maximum absolute atomic E-state index is 12.5. The van der Waals surface area contributed by atoms with Gasteiger partial charge in [-0.25, -0.2) is 0 Å². The van der Waals surface area contributed by atoms with Gasteiger partial charge in [-0.15, -0.1) is 0 Å². The molecule has 1 aromatic carbocycles. The molecule has 0 fully saturated rings. The quantitative estimate of drug-likeness (QED) is 0.617. The van der Waals surface area contributed by atoms with Crippen LogP contribution in [0.25, 0.3) is 0 Å². The molecular formula is C15H21NO5. The fourth-order valence-corrected chi connectivity index (χ4v) is 2.01. The number of methoxy groups -OCH3 is 1. The van der Waals surface area contributed by atoms with Crippen LogP contribution in [0.1, 0.15) is 27.9 Å². The van der Waals surface area contributed by atoms with Gasteiger partial charge in [0.1, 0.15) is 5.75 Å². The van der Waals surface area contributed by atoms with Crippen molar-refractivity contribution in [3.05, 3.63) is 28.8 Å². The number of ether oxygens (including phenoxy) is 1. The lowest BCUT2D eigenvalue weighted by Gasteiger charge is -2.18. The number of nitrogens with one attached hydrogen (secondary N) is 1. The van der Waals surface area contributed by atoms with E-state index in [4.69, 9.17) is 14.9 Å². The highest BCUT2D eigenvalue weighted by Crippen LogP contribution is 2.24. The minimum Gasteiger partial charge on any atom is -0.496 e. The fourth-order valence-electron chi connectivity index (χ4n) is 2.01. The molecule has 1 unspecified atom stereocenters. The van der Waals surface area contributed by atoms with Crippen LogP contribution in [0, 0.1) is 13.8 Å². The number of hydrogen-bond acceptors (Lipinski definition) is 5. The molecule has 0 amide bonds. The Morgan fingerprint density at radius 3 is 2.43 bits per heavy atom. The molecule has 21 heavy (non-hydrogen) atoms. The molecule has 1 aromatic rings. The van der Waals surface area contributed by atoms with Crippen molar-refractivity contribution in [2.24, 2.45) is 0 Å². The Balaban J connectivity index is 3.12. The van der Waals surface area contributed by atoms with Crippen LogP contribution in [0.5, 0.6) is 5.75 Å². The molecule has 0 heterocycles. The van der Waals surface area contributed by atoms with Crippen LogP contribution in [0.3, 0.4) is 0 Å². The van der Waals surface area contributed by atoms with Gasteiger partial charge in [0.2, 0.25) is 0 Å². The molecule has 6 heteroatoms. The second-order valence-corrected chi connectivity index (χ2v) is 4.83. The van der Waals surface area contributed by atoms with E-state index in [1.807, 2.05) is 13.8 Å². The SMILES string of the molecule is COc1cc(C)c(C)cc1C(=O)C(CC(=O)O)NCCO. The summed E-state index contributed by atoms with van der Waals surface area (Å²) in [7, 11) is 1.47. The Kier molecular flexibility index (Phi) is 6.33. The number of ketones is 1. The Morgan fingerprint density at radius 2 is 1.90 bits per heavy atom. The molecule has 0 radical (unpaired) electrons. The minimum atomic E-state index is -1.08. The zero-order valence-corrected chi connectivity index (χ0v) is 12.5. The van der Waals surface area contributed by atoms with Crippen LogP contribution < -0.4 is 10.1 Å². The molecule has 3 N–H and O–H groups in total. The molecule has 0 bridgehead atoms. The van der Waals surface area contributed by atoms with Gasteiger partial charge in [-0.05, 0) is 37.1 Å². The van der Waals surface area contributed by atoms with Gasteiger partial charge in [0.15, 0.2) is 5.78 Å². The first kappa shape index (κ1) is 17.1. The number of Topliss-reactive ketones (excluding diaryl/α,β-unsaturated/α-hetero) is 1. The summed E-state index contributed by atoms with van der Waals surface area (Å²) in [5.74, 6) is -1.02. The minimum absolute atomic E-state index is 0.150. The van der Waals surface area contributed by atoms with Gasteiger partial charge in [0, 0.05) is 6.54 Å². The summed E-state index contributed by atoms with van der Waals surface area (Å²) in [4.78, 5) is 23.4. The second-order valence-electron chi connectivity index (χ2n) is 4.83. The van der Waals surface area contributed by atoms with E-state index >= 15 is 0 Å². The van der Waals surface area contributed by atoms with E-state index in [1.54, 1.807) is 12.1 Å². The highest BCUT2D eigenvalue weighted by molar-refractivity contribution is 6.04. The summed E-state index contributed by atoms with van der Waals surface area (Å²) in [5.41, 5.74) is 2.26. The summed E-state index contributed by atoms with van der Waals surface area (Å²) >= 11 is 0. The third kappa shape index (κ3) is 4.54. The van der Waals surface area contributed by atoms with Crippen molar-refractivity contribution in [3.63, 3.8) is 0 Å². The van der Waals surface area contributed by atoms with Gasteiger partial charge in [-0.1, -0.05) is 0 Å². The number of rotatable bonds is 8. The lowest BCUT2D eigenvalue weighted by Crippen LogP contribution is -2.40. The highest BCUT2D eigenvalue weighted by atomic mass is 16.5. The molecule has 0 aromatic heterocycles. The molecule has 0 aliphatic carbocycles. The monoisotopic (exact) mass is 295 g/mol. The number of aliphatic hydroxyl groups is 1. The number of aliphatic carboxylic acids is 1. The molecular weight excluding hydrogens is 274 g/mol. The van der Waals surface area contributed by atoms with Crippen molar-refractivity contribution in [2.75, 3.05) is 20.3 Å². The maximum Gasteiger partial charge on any atom is 0.305 e. The lowest BCUT2D eigenvalue weighted by molar-refractivity contribution is -0.137. The number of aryl methyl sites for hydroxylation is 2. The van der Waals surface area contributed by atoms with Crippen LogP contribution in [-0.4, -0.2) is 48.3 Å². The summed E-state index contributed by atoms with van der Waals surface area (Å²) in [6.07, 6.45) is -0.352. The Hall–Kier alpha value is -1.92. The van der Waals surface area contributed by atoms with E-state index in [0.29, 0.717) is 11.3 Å². The molecule has 1 atom stereocenters. The molecule has 6 nitrogen and oxygen atoms in total. The highest BCUT2D eigenvalue weighted by Gasteiger charge is 2.25. The average molecular weight is 295 g/mol. The van der Waals surface area contributed by atoms with E-state index < -0.39 is 12.0 Å². The van der Waals surface area contributed by atoms with Gasteiger partial charge in [-0.2, -0.15) is 0 Å². The second kappa shape index (κ2) is 7.75. The topological polar surface area (TPSA) is 95.9 Å². The Morgan fingerprint density at radius 1 is 1.29 bits per heavy atom. The predicted octanol–water partition coefficient (Wildman–Crippen LogP) is 0.920. The molecule has 0 saturated carbocycles. The van der Waals surface area contributed by atoms with Gasteiger partial charge < -0.3 is 20.3 Å². The molecule has 0 spiro atoms. The molecule has 1 rings (SSSR count). The van der Waals surface area contributed by atoms with Gasteiger partial charge in [-0.3, -0.25) is 9.59 Å². The first-order valence-electron chi connectivity index (χ1n) is 6.66. The lowest BCUT2D eigenvalue weighted by atomic mass is 9.96. The summed E-state index contributed by atoms with van der Waals surface area (Å²) in [6.45, 7) is 3.76. The molecule has 116 valence electrons. The Bertz CT molecular complexity index is 527. The average Bonchev–Trinajstić information content (AvgIpc) is 2.44. The van der Waals surface area contributed by atoms with E-state index in [2.05, 4.69) is 5.32 Å². The predicted molar refractivity (Wildman–Crippen MR) is 77.9 cm³/mol. The van der Waals surface area contributed by atoms with E-state index in [1.165, 1.54) is 7.11 Å².